The number of fused-ring (bicyclic) bond motifs is 1. The molecule has 0 aliphatic rings. The third-order valence-corrected chi connectivity index (χ3v) is 3.54. The lowest BCUT2D eigenvalue weighted by Crippen LogP contribution is -2.26. The van der Waals surface area contributed by atoms with Gasteiger partial charge in [0.05, 0.1) is 16.6 Å². The first-order valence-electron chi connectivity index (χ1n) is 6.09. The largest absolute Gasteiger partial charge is 0.478 e. The van der Waals surface area contributed by atoms with Gasteiger partial charge in [0.15, 0.2) is 0 Å². The molecule has 0 fully saturated rings. The van der Waals surface area contributed by atoms with E-state index >= 15 is 0 Å². The van der Waals surface area contributed by atoms with Crippen LogP contribution < -0.4 is 0 Å². The molecule has 0 saturated heterocycles. The van der Waals surface area contributed by atoms with Crippen LogP contribution in [0.3, 0.4) is 0 Å². The Kier molecular flexibility index (Phi) is 2.89. The van der Waals surface area contributed by atoms with Crippen molar-refractivity contribution >= 4 is 17.0 Å². The fourth-order valence-corrected chi connectivity index (χ4v) is 2.26. The first-order valence-corrected chi connectivity index (χ1v) is 6.09. The number of hydrogen-bond acceptors (Lipinski definition) is 2. The number of hydrogen-bond donors (Lipinski definition) is 1. The Balaban J connectivity index is 2.70. The Morgan fingerprint density at radius 1 is 1.44 bits per heavy atom. The maximum Gasteiger partial charge on any atom is 0.335 e. The summed E-state index contributed by atoms with van der Waals surface area (Å²) in [6, 6.07) is 5.11. The number of aryl methyl sites for hydroxylation is 1. The summed E-state index contributed by atoms with van der Waals surface area (Å²) in [4.78, 5) is 15.4. The molecule has 0 radical (unpaired) electrons. The van der Waals surface area contributed by atoms with Crippen LogP contribution in [0.5, 0.6) is 0 Å². The fourth-order valence-electron chi connectivity index (χ4n) is 2.26. The first kappa shape index (κ1) is 12.6. The third-order valence-electron chi connectivity index (χ3n) is 3.54. The van der Waals surface area contributed by atoms with Gasteiger partial charge in [0.2, 0.25) is 0 Å². The van der Waals surface area contributed by atoms with E-state index in [1.54, 1.807) is 12.1 Å². The standard InChI is InChI=1S/C14H18N2O2/c1-5-14(3,4)16-9(2)15-11-8-10(13(17)18)6-7-12(11)16/h6-8H,5H2,1-4H3,(H,17,18). The lowest BCUT2D eigenvalue weighted by molar-refractivity contribution is 0.0697. The highest BCUT2D eigenvalue weighted by Crippen LogP contribution is 2.28. The second kappa shape index (κ2) is 4.12. The molecule has 0 bridgehead atoms. The number of aromatic carboxylic acids is 1. The quantitative estimate of drug-likeness (QED) is 0.904. The number of aromatic nitrogens is 2. The minimum Gasteiger partial charge on any atom is -0.478 e. The van der Waals surface area contributed by atoms with Crippen LogP contribution in [0.4, 0.5) is 0 Å². The Labute approximate surface area is 106 Å². The lowest BCUT2D eigenvalue weighted by Gasteiger charge is -2.27. The number of nitrogens with zero attached hydrogens (tertiary/aromatic N) is 2. The summed E-state index contributed by atoms with van der Waals surface area (Å²) in [5, 5.41) is 8.99. The summed E-state index contributed by atoms with van der Waals surface area (Å²) in [5.74, 6) is -0.00163. The van der Waals surface area contributed by atoms with Crippen LogP contribution in [0.15, 0.2) is 18.2 Å². The van der Waals surface area contributed by atoms with E-state index in [1.807, 2.05) is 13.0 Å². The maximum absolute atomic E-state index is 11.0. The second-order valence-electron chi connectivity index (χ2n) is 5.17. The molecule has 1 aromatic heterocycles. The van der Waals surface area contributed by atoms with E-state index in [2.05, 4.69) is 30.3 Å². The van der Waals surface area contributed by atoms with E-state index in [-0.39, 0.29) is 11.1 Å². The van der Waals surface area contributed by atoms with Gasteiger partial charge >= 0.3 is 5.97 Å². The molecule has 1 N–H and O–H groups in total. The smallest absolute Gasteiger partial charge is 0.335 e. The van der Waals surface area contributed by atoms with Crippen LogP contribution >= 0.6 is 0 Å². The third kappa shape index (κ3) is 1.88. The molecule has 0 aliphatic heterocycles. The summed E-state index contributed by atoms with van der Waals surface area (Å²) in [7, 11) is 0. The maximum atomic E-state index is 11.0. The van der Waals surface area contributed by atoms with Gasteiger partial charge in [-0.2, -0.15) is 0 Å². The van der Waals surface area contributed by atoms with Gasteiger partial charge in [-0.1, -0.05) is 6.92 Å². The van der Waals surface area contributed by atoms with Crippen LogP contribution in [0.1, 0.15) is 43.4 Å². The fraction of sp³-hybridized carbons (Fsp3) is 0.429. The van der Waals surface area contributed by atoms with Gasteiger partial charge < -0.3 is 9.67 Å². The number of carboxylic acid groups (broad SMARTS) is 1. The molecule has 4 nitrogen and oxygen atoms in total. The molecule has 96 valence electrons. The predicted octanol–water partition coefficient (Wildman–Crippen LogP) is 3.19. The SMILES string of the molecule is CCC(C)(C)n1c(C)nc2cc(C(=O)O)ccc21. The molecule has 0 saturated carbocycles. The second-order valence-corrected chi connectivity index (χ2v) is 5.17. The van der Waals surface area contributed by atoms with Gasteiger partial charge in [-0.05, 0) is 45.4 Å². The van der Waals surface area contributed by atoms with E-state index in [0.29, 0.717) is 0 Å². The number of benzene rings is 1. The number of carbonyl (C=O) groups is 1. The van der Waals surface area contributed by atoms with Crippen molar-refractivity contribution in [1.82, 2.24) is 9.55 Å². The molecule has 1 heterocycles. The summed E-state index contributed by atoms with van der Waals surface area (Å²) in [5.41, 5.74) is 1.99. The highest BCUT2D eigenvalue weighted by atomic mass is 16.4. The number of rotatable bonds is 3. The molecule has 0 spiro atoms. The highest BCUT2D eigenvalue weighted by Gasteiger charge is 2.22. The summed E-state index contributed by atoms with van der Waals surface area (Å²) >= 11 is 0. The van der Waals surface area contributed by atoms with Gasteiger partial charge in [0, 0.05) is 5.54 Å². The van der Waals surface area contributed by atoms with Crippen LogP contribution in [-0.4, -0.2) is 20.6 Å². The molecule has 0 amide bonds. The van der Waals surface area contributed by atoms with Crippen LogP contribution in [0.2, 0.25) is 0 Å². The predicted molar refractivity (Wildman–Crippen MR) is 71.0 cm³/mol. The monoisotopic (exact) mass is 246 g/mol. The van der Waals surface area contributed by atoms with E-state index < -0.39 is 5.97 Å². The Hall–Kier alpha value is -1.84. The van der Waals surface area contributed by atoms with Gasteiger partial charge in [0.25, 0.3) is 0 Å². The van der Waals surface area contributed by atoms with Gasteiger partial charge in [-0.3, -0.25) is 0 Å². The highest BCUT2D eigenvalue weighted by molar-refractivity contribution is 5.92. The van der Waals surface area contributed by atoms with Gasteiger partial charge in [-0.25, -0.2) is 9.78 Å². The van der Waals surface area contributed by atoms with Crippen molar-refractivity contribution in [3.05, 3.63) is 29.6 Å². The average Bonchev–Trinajstić information content (AvgIpc) is 2.64. The molecule has 0 atom stereocenters. The summed E-state index contributed by atoms with van der Waals surface area (Å²) in [6.45, 7) is 8.41. The van der Waals surface area contributed by atoms with E-state index in [0.717, 1.165) is 23.3 Å². The van der Waals surface area contributed by atoms with Crippen molar-refractivity contribution in [3.63, 3.8) is 0 Å². The zero-order chi connectivity index (χ0) is 13.5. The Morgan fingerprint density at radius 3 is 2.67 bits per heavy atom. The van der Waals surface area contributed by atoms with Gasteiger partial charge in [-0.15, -0.1) is 0 Å². The average molecular weight is 246 g/mol. The van der Waals surface area contributed by atoms with Crippen LogP contribution in [-0.2, 0) is 5.54 Å². The summed E-state index contributed by atoms with van der Waals surface area (Å²) < 4.78 is 2.17. The zero-order valence-electron chi connectivity index (χ0n) is 11.2. The Bertz CT molecular complexity index is 612. The summed E-state index contributed by atoms with van der Waals surface area (Å²) in [6.07, 6.45) is 0.986. The van der Waals surface area contributed by atoms with E-state index in [1.165, 1.54) is 0 Å². The normalized spacial score (nSPS) is 12.0. The molecule has 0 aliphatic carbocycles. The minimum absolute atomic E-state index is 0.0242. The Morgan fingerprint density at radius 2 is 2.11 bits per heavy atom. The molecular formula is C14H18N2O2. The van der Waals surface area contributed by atoms with Crippen LogP contribution in [0, 0.1) is 6.92 Å². The minimum atomic E-state index is -0.918. The molecule has 2 rings (SSSR count). The first-order chi connectivity index (χ1) is 8.36. The molecule has 4 heteroatoms. The van der Waals surface area contributed by atoms with Crippen LogP contribution in [0.25, 0.3) is 11.0 Å². The van der Waals surface area contributed by atoms with Crippen molar-refractivity contribution in [3.8, 4) is 0 Å². The van der Waals surface area contributed by atoms with Crippen molar-refractivity contribution in [1.29, 1.82) is 0 Å². The number of carboxylic acids is 1. The molecule has 2 aromatic rings. The number of imidazole rings is 1. The molecule has 0 unspecified atom stereocenters. The van der Waals surface area contributed by atoms with Crippen molar-refractivity contribution in [2.24, 2.45) is 0 Å². The van der Waals surface area contributed by atoms with Crippen molar-refractivity contribution < 1.29 is 9.90 Å². The van der Waals surface area contributed by atoms with Crippen molar-refractivity contribution in [2.75, 3.05) is 0 Å². The van der Waals surface area contributed by atoms with E-state index in [9.17, 15) is 4.79 Å². The topological polar surface area (TPSA) is 55.1 Å². The van der Waals surface area contributed by atoms with Crippen molar-refractivity contribution in [2.45, 2.75) is 39.7 Å². The molecular weight excluding hydrogens is 228 g/mol. The molecule has 1 aromatic carbocycles. The van der Waals surface area contributed by atoms with Gasteiger partial charge in [0.1, 0.15) is 5.82 Å². The zero-order valence-corrected chi connectivity index (χ0v) is 11.2. The van der Waals surface area contributed by atoms with E-state index in [4.69, 9.17) is 5.11 Å². The lowest BCUT2D eigenvalue weighted by atomic mass is 10.0. The molecule has 18 heavy (non-hydrogen) atoms.